The molecule has 1 nitrogen and oxygen atoms in total. The van der Waals surface area contributed by atoms with Crippen molar-refractivity contribution in [1.29, 1.82) is 0 Å². The average molecular weight is 246 g/mol. The van der Waals surface area contributed by atoms with Crippen molar-refractivity contribution in [3.63, 3.8) is 0 Å². The Kier molecular flexibility index (Phi) is 5.67. The molecule has 0 saturated carbocycles. The fourth-order valence-electron chi connectivity index (χ4n) is 0.956. The molecule has 0 aromatic carbocycles. The van der Waals surface area contributed by atoms with Crippen LogP contribution in [0.1, 0.15) is 23.5 Å². The smallest absolute Gasteiger partial charge is 0.182 e. The van der Waals surface area contributed by atoms with E-state index in [2.05, 4.69) is 13.8 Å². The van der Waals surface area contributed by atoms with E-state index in [9.17, 15) is 4.79 Å². The van der Waals surface area contributed by atoms with E-state index in [0.717, 1.165) is 16.4 Å². The first-order chi connectivity index (χ1) is 6.77. The van der Waals surface area contributed by atoms with E-state index in [1.165, 1.54) is 4.21 Å². The van der Waals surface area contributed by atoms with Crippen molar-refractivity contribution in [2.75, 3.05) is 17.3 Å². The summed E-state index contributed by atoms with van der Waals surface area (Å²) < 4.78 is 1.25. The van der Waals surface area contributed by atoms with Crippen LogP contribution in [0.5, 0.6) is 0 Å². The first-order valence-electron chi connectivity index (χ1n) is 4.61. The molecule has 0 N–H and O–H groups in total. The van der Waals surface area contributed by atoms with Gasteiger partial charge >= 0.3 is 0 Å². The van der Waals surface area contributed by atoms with E-state index in [1.807, 2.05) is 12.1 Å². The molecule has 1 aromatic rings. The lowest BCUT2D eigenvalue weighted by Crippen LogP contribution is -1.99. The summed E-state index contributed by atoms with van der Waals surface area (Å²) in [7, 11) is 0. The Bertz CT molecular complexity index is 293. The number of hydrogen-bond donors (Lipinski definition) is 0. The second kappa shape index (κ2) is 6.53. The van der Waals surface area contributed by atoms with Gasteiger partial charge in [-0.25, -0.2) is 0 Å². The molecule has 0 aliphatic heterocycles. The van der Waals surface area contributed by atoms with E-state index >= 15 is 0 Å². The van der Waals surface area contributed by atoms with Crippen LogP contribution in [-0.2, 0) is 0 Å². The molecular weight excluding hydrogens is 232 g/mol. The van der Waals surface area contributed by atoms with Crippen molar-refractivity contribution in [3.8, 4) is 0 Å². The molecule has 0 atom stereocenters. The number of Topliss-reactive ketones (excluding diaryl/α,β-unsaturated/α-hetero) is 1. The van der Waals surface area contributed by atoms with Crippen molar-refractivity contribution in [3.05, 3.63) is 17.0 Å². The summed E-state index contributed by atoms with van der Waals surface area (Å²) in [5, 5.41) is 0. The van der Waals surface area contributed by atoms with Crippen molar-refractivity contribution in [2.45, 2.75) is 18.1 Å². The van der Waals surface area contributed by atoms with Crippen molar-refractivity contribution in [1.82, 2.24) is 0 Å². The third kappa shape index (κ3) is 3.67. The normalized spacial score (nSPS) is 10.4. The minimum atomic E-state index is 0.268. The largest absolute Gasteiger partial charge is 0.292 e. The molecule has 4 heteroatoms. The van der Waals surface area contributed by atoms with Crippen LogP contribution in [0.2, 0.25) is 0 Å². The number of carbonyl (C=O) groups is 1. The van der Waals surface area contributed by atoms with E-state index in [4.69, 9.17) is 0 Å². The van der Waals surface area contributed by atoms with Crippen LogP contribution in [0.25, 0.3) is 0 Å². The second-order valence-electron chi connectivity index (χ2n) is 2.61. The Labute approximate surface area is 97.7 Å². The lowest BCUT2D eigenvalue weighted by atomic mass is 10.4. The Morgan fingerprint density at radius 2 is 2.14 bits per heavy atom. The topological polar surface area (TPSA) is 17.1 Å². The summed E-state index contributed by atoms with van der Waals surface area (Å²) in [6.07, 6.45) is 0. The molecule has 0 radical (unpaired) electrons. The highest BCUT2D eigenvalue weighted by molar-refractivity contribution is 8.01. The first kappa shape index (κ1) is 12.1. The van der Waals surface area contributed by atoms with Crippen LogP contribution in [-0.4, -0.2) is 23.0 Å². The van der Waals surface area contributed by atoms with Crippen molar-refractivity contribution in [2.24, 2.45) is 0 Å². The standard InChI is InChI=1S/C10H14OS3/c1-3-12-7-8(11)9-5-6-10(14-9)13-4-2/h5-6H,3-4,7H2,1-2H3. The van der Waals surface area contributed by atoms with E-state index < -0.39 is 0 Å². The first-order valence-corrected chi connectivity index (χ1v) is 7.57. The highest BCUT2D eigenvalue weighted by atomic mass is 32.2. The van der Waals surface area contributed by atoms with Crippen LogP contribution < -0.4 is 0 Å². The Morgan fingerprint density at radius 1 is 1.36 bits per heavy atom. The van der Waals surface area contributed by atoms with E-state index in [0.29, 0.717) is 5.75 Å². The van der Waals surface area contributed by atoms with Gasteiger partial charge in [-0.05, 0) is 23.6 Å². The van der Waals surface area contributed by atoms with Crippen LogP contribution in [0.15, 0.2) is 16.3 Å². The van der Waals surface area contributed by atoms with Crippen LogP contribution in [0, 0.1) is 0 Å². The quantitative estimate of drug-likeness (QED) is 0.561. The maximum Gasteiger partial charge on any atom is 0.182 e. The number of ketones is 1. The van der Waals surface area contributed by atoms with Gasteiger partial charge in [-0.15, -0.1) is 23.1 Å². The van der Waals surface area contributed by atoms with Gasteiger partial charge < -0.3 is 0 Å². The van der Waals surface area contributed by atoms with Crippen LogP contribution in [0.3, 0.4) is 0 Å². The van der Waals surface area contributed by atoms with Gasteiger partial charge in [-0.1, -0.05) is 13.8 Å². The zero-order valence-electron chi connectivity index (χ0n) is 8.41. The van der Waals surface area contributed by atoms with E-state index in [1.54, 1.807) is 34.9 Å². The molecule has 78 valence electrons. The number of hydrogen-bond acceptors (Lipinski definition) is 4. The molecule has 0 bridgehead atoms. The van der Waals surface area contributed by atoms with Crippen LogP contribution >= 0.6 is 34.9 Å². The van der Waals surface area contributed by atoms with Gasteiger partial charge in [-0.2, -0.15) is 11.8 Å². The van der Waals surface area contributed by atoms with Gasteiger partial charge in [0.15, 0.2) is 5.78 Å². The molecule has 0 spiro atoms. The number of rotatable bonds is 6. The molecule has 1 heterocycles. The molecule has 0 amide bonds. The summed E-state index contributed by atoms with van der Waals surface area (Å²) in [6.45, 7) is 4.20. The predicted molar refractivity (Wildman–Crippen MR) is 68.0 cm³/mol. The molecule has 0 unspecified atom stereocenters. The lowest BCUT2D eigenvalue weighted by Gasteiger charge is -1.94. The highest BCUT2D eigenvalue weighted by Crippen LogP contribution is 2.27. The number of thioether (sulfide) groups is 2. The minimum absolute atomic E-state index is 0.268. The SMILES string of the molecule is CCSCC(=O)c1ccc(SCC)s1. The molecule has 0 fully saturated rings. The van der Waals surface area contributed by atoms with Crippen molar-refractivity contribution < 1.29 is 4.79 Å². The predicted octanol–water partition coefficient (Wildman–Crippen LogP) is 3.80. The molecule has 0 saturated heterocycles. The summed E-state index contributed by atoms with van der Waals surface area (Å²) in [4.78, 5) is 12.5. The summed E-state index contributed by atoms with van der Waals surface area (Å²) in [6, 6.07) is 3.99. The molecule has 1 rings (SSSR count). The fraction of sp³-hybridized carbons (Fsp3) is 0.500. The van der Waals surface area contributed by atoms with Gasteiger partial charge in [-0.3, -0.25) is 4.79 Å². The minimum Gasteiger partial charge on any atom is -0.292 e. The van der Waals surface area contributed by atoms with Gasteiger partial charge in [0, 0.05) is 0 Å². The second-order valence-corrected chi connectivity index (χ2v) is 6.53. The lowest BCUT2D eigenvalue weighted by molar-refractivity contribution is 0.102. The van der Waals surface area contributed by atoms with E-state index in [-0.39, 0.29) is 5.78 Å². The Balaban J connectivity index is 2.53. The molecular formula is C10H14OS3. The Hall–Kier alpha value is 0.0700. The monoisotopic (exact) mass is 246 g/mol. The maximum absolute atomic E-state index is 11.6. The molecule has 1 aromatic heterocycles. The number of carbonyl (C=O) groups excluding carboxylic acids is 1. The zero-order valence-corrected chi connectivity index (χ0v) is 10.9. The fourth-order valence-corrected chi connectivity index (χ4v) is 3.57. The third-order valence-electron chi connectivity index (χ3n) is 1.58. The van der Waals surface area contributed by atoms with Crippen molar-refractivity contribution >= 4 is 40.6 Å². The van der Waals surface area contributed by atoms with Gasteiger partial charge in [0.25, 0.3) is 0 Å². The number of thiophene rings is 1. The van der Waals surface area contributed by atoms with Gasteiger partial charge in [0.1, 0.15) is 0 Å². The maximum atomic E-state index is 11.6. The average Bonchev–Trinajstić information content (AvgIpc) is 2.63. The summed E-state index contributed by atoms with van der Waals surface area (Å²) >= 11 is 5.10. The summed E-state index contributed by atoms with van der Waals surface area (Å²) in [5.41, 5.74) is 0. The molecule has 14 heavy (non-hydrogen) atoms. The van der Waals surface area contributed by atoms with Gasteiger partial charge in [0.05, 0.1) is 14.8 Å². The Morgan fingerprint density at radius 3 is 2.79 bits per heavy atom. The summed E-state index contributed by atoms with van der Waals surface area (Å²) in [5.74, 6) is 2.96. The van der Waals surface area contributed by atoms with Crippen LogP contribution in [0.4, 0.5) is 0 Å². The third-order valence-corrected chi connectivity index (χ3v) is 4.69. The van der Waals surface area contributed by atoms with Gasteiger partial charge in [0.2, 0.25) is 0 Å². The zero-order chi connectivity index (χ0) is 10.4. The molecule has 0 aliphatic carbocycles. The highest BCUT2D eigenvalue weighted by Gasteiger charge is 2.08. The molecule has 0 aliphatic rings.